The zero-order chi connectivity index (χ0) is 28.6. The largest absolute Gasteiger partial charge is 0.508 e. The molecule has 0 saturated heterocycles. The van der Waals surface area contributed by atoms with Crippen LogP contribution in [0.1, 0.15) is 37.3 Å². The fourth-order valence-electron chi connectivity index (χ4n) is 5.02. The highest BCUT2D eigenvalue weighted by Crippen LogP contribution is 2.45. The Hall–Kier alpha value is -4.60. The molecule has 206 valence electrons. The molecule has 0 saturated carbocycles. The topological polar surface area (TPSA) is 78.7 Å². The number of benzene rings is 3. The van der Waals surface area contributed by atoms with Crippen LogP contribution in [0.25, 0.3) is 11.1 Å². The number of carbonyl (C=O) groups excluding carboxylic acids is 2. The van der Waals surface area contributed by atoms with Crippen molar-refractivity contribution in [2.75, 3.05) is 16.3 Å². The molecule has 5 rings (SSSR count). The number of aromatic hydroxyl groups is 1. The van der Waals surface area contributed by atoms with E-state index in [1.165, 1.54) is 23.1 Å². The van der Waals surface area contributed by atoms with E-state index in [0.717, 1.165) is 23.5 Å². The van der Waals surface area contributed by atoms with Crippen LogP contribution in [-0.4, -0.2) is 33.2 Å². The molecule has 1 aliphatic heterocycles. The second kappa shape index (κ2) is 10.5. The summed E-state index contributed by atoms with van der Waals surface area (Å²) in [7, 11) is 0. The van der Waals surface area contributed by atoms with Gasteiger partial charge in [-0.25, -0.2) is 0 Å². The van der Waals surface area contributed by atoms with E-state index >= 15 is 0 Å². The van der Waals surface area contributed by atoms with Crippen LogP contribution in [-0.2, 0) is 22.3 Å². The smallest absolute Gasteiger partial charge is 0.416 e. The monoisotopic (exact) mass is 548 g/mol. The average Bonchev–Trinajstić information content (AvgIpc) is 3.35. The van der Waals surface area contributed by atoms with Gasteiger partial charge in [-0.3, -0.25) is 19.2 Å². The van der Waals surface area contributed by atoms with E-state index in [9.17, 15) is 27.9 Å². The van der Waals surface area contributed by atoms with Crippen molar-refractivity contribution in [2.24, 2.45) is 0 Å². The van der Waals surface area contributed by atoms with E-state index < -0.39 is 29.5 Å². The number of hydrogen-bond acceptors (Lipinski definition) is 4. The van der Waals surface area contributed by atoms with Crippen molar-refractivity contribution in [3.8, 4) is 16.9 Å². The van der Waals surface area contributed by atoms with E-state index in [4.69, 9.17) is 0 Å². The lowest BCUT2D eigenvalue weighted by Crippen LogP contribution is -2.39. The molecule has 0 radical (unpaired) electrons. The molecule has 0 spiro atoms. The van der Waals surface area contributed by atoms with Gasteiger partial charge in [-0.05, 0) is 73.0 Å². The third kappa shape index (κ3) is 4.92. The predicted molar refractivity (Wildman–Crippen MR) is 145 cm³/mol. The Kier molecular flexibility index (Phi) is 7.10. The van der Waals surface area contributed by atoms with Gasteiger partial charge >= 0.3 is 6.18 Å². The number of hydrogen-bond donors (Lipinski definition) is 1. The molecule has 3 aromatic carbocycles. The Morgan fingerprint density at radius 1 is 0.900 bits per heavy atom. The zero-order valence-electron chi connectivity index (χ0n) is 21.9. The highest BCUT2D eigenvalue weighted by Gasteiger charge is 2.43. The Bertz CT molecular complexity index is 1570. The van der Waals surface area contributed by atoms with Gasteiger partial charge in [0.2, 0.25) is 11.8 Å². The van der Waals surface area contributed by atoms with E-state index in [0.29, 0.717) is 23.4 Å². The minimum atomic E-state index is -4.66. The Morgan fingerprint density at radius 2 is 1.65 bits per heavy atom. The van der Waals surface area contributed by atoms with Crippen LogP contribution in [0.2, 0.25) is 0 Å². The minimum absolute atomic E-state index is 0.0510. The lowest BCUT2D eigenvalue weighted by Gasteiger charge is -2.26. The summed E-state index contributed by atoms with van der Waals surface area (Å²) >= 11 is 0. The summed E-state index contributed by atoms with van der Waals surface area (Å²) < 4.78 is 43.1. The third-order valence-corrected chi connectivity index (χ3v) is 6.84. The van der Waals surface area contributed by atoms with E-state index in [1.807, 2.05) is 13.1 Å². The standard InChI is InChI=1S/C30H27F3N4O3/c1-3-12-35-18-21(17-34-35)19-13-20(15-24(38)14-19)27-28(39)36(4-2)25-11-10-22(30(31,32)33)16-26(25)37(29(27)40)23-8-6-5-7-9-23/h5-11,13-18,27,38H,3-4,12H2,1-2H3. The fraction of sp³-hybridized carbons (Fsp3) is 0.233. The molecule has 1 aliphatic rings. The first kappa shape index (κ1) is 27.0. The maximum Gasteiger partial charge on any atom is 0.416 e. The molecule has 0 bridgehead atoms. The Labute approximate surface area is 229 Å². The number of aryl methyl sites for hydroxylation is 1. The molecule has 1 N–H and O–H groups in total. The number of phenols is 1. The predicted octanol–water partition coefficient (Wildman–Crippen LogP) is 6.50. The molecule has 4 aromatic rings. The first-order valence-electron chi connectivity index (χ1n) is 12.9. The number of nitrogens with zero attached hydrogens (tertiary/aromatic N) is 4. The van der Waals surface area contributed by atoms with Crippen LogP contribution in [0, 0.1) is 0 Å². The molecule has 1 unspecified atom stereocenters. The number of anilines is 3. The molecule has 10 heteroatoms. The summed E-state index contributed by atoms with van der Waals surface area (Å²) in [6, 6.07) is 15.8. The van der Waals surface area contributed by atoms with Crippen LogP contribution >= 0.6 is 0 Å². The number of likely N-dealkylation sites (N-methyl/N-ethyl adjacent to an activating group) is 1. The number of halogens is 3. The summed E-state index contributed by atoms with van der Waals surface area (Å²) in [4.78, 5) is 30.8. The van der Waals surface area contributed by atoms with Crippen molar-refractivity contribution in [3.63, 3.8) is 0 Å². The first-order valence-corrected chi connectivity index (χ1v) is 12.9. The molecule has 0 fully saturated rings. The first-order chi connectivity index (χ1) is 19.1. The van der Waals surface area contributed by atoms with Gasteiger partial charge in [0.15, 0.2) is 0 Å². The van der Waals surface area contributed by atoms with Gasteiger partial charge < -0.3 is 10.0 Å². The number of rotatable bonds is 6. The lowest BCUT2D eigenvalue weighted by molar-refractivity contribution is -0.137. The highest BCUT2D eigenvalue weighted by atomic mass is 19.4. The van der Waals surface area contributed by atoms with E-state index in [-0.39, 0.29) is 29.2 Å². The van der Waals surface area contributed by atoms with E-state index in [1.54, 1.807) is 54.2 Å². The summed E-state index contributed by atoms with van der Waals surface area (Å²) in [5, 5.41) is 15.0. The molecular weight excluding hydrogens is 521 g/mol. The van der Waals surface area contributed by atoms with Crippen LogP contribution in [0.5, 0.6) is 5.75 Å². The van der Waals surface area contributed by atoms with Gasteiger partial charge in [-0.15, -0.1) is 0 Å². The zero-order valence-corrected chi connectivity index (χ0v) is 21.9. The van der Waals surface area contributed by atoms with Crippen molar-refractivity contribution in [1.82, 2.24) is 9.78 Å². The van der Waals surface area contributed by atoms with Crippen molar-refractivity contribution >= 4 is 28.9 Å². The lowest BCUT2D eigenvalue weighted by atomic mass is 9.93. The van der Waals surface area contributed by atoms with Crippen LogP contribution < -0.4 is 9.80 Å². The number of carbonyl (C=O) groups is 2. The molecule has 7 nitrogen and oxygen atoms in total. The summed E-state index contributed by atoms with van der Waals surface area (Å²) in [5.41, 5.74) is 0.955. The van der Waals surface area contributed by atoms with Crippen LogP contribution in [0.15, 0.2) is 79.1 Å². The Balaban J connectivity index is 1.70. The number of phenolic OH excluding ortho intramolecular Hbond substituents is 1. The van der Waals surface area contributed by atoms with Crippen molar-refractivity contribution < 1.29 is 27.9 Å². The maximum atomic E-state index is 14.3. The van der Waals surface area contributed by atoms with Gasteiger partial charge in [0.05, 0.1) is 23.1 Å². The van der Waals surface area contributed by atoms with E-state index in [2.05, 4.69) is 5.10 Å². The van der Waals surface area contributed by atoms with Gasteiger partial charge in [0, 0.05) is 30.5 Å². The van der Waals surface area contributed by atoms with Gasteiger partial charge in [0.1, 0.15) is 11.7 Å². The maximum absolute atomic E-state index is 14.3. The number of para-hydroxylation sites is 1. The average molecular weight is 549 g/mol. The molecule has 0 aliphatic carbocycles. The highest BCUT2D eigenvalue weighted by molar-refractivity contribution is 6.23. The number of alkyl halides is 3. The molecule has 2 heterocycles. The van der Waals surface area contributed by atoms with Gasteiger partial charge in [0.25, 0.3) is 0 Å². The molecular formula is C30H27F3N4O3. The SMILES string of the molecule is CCCn1cc(-c2cc(O)cc(C3C(=O)N(CC)c4ccc(C(F)(F)F)cc4N(c4ccccc4)C3=O)c2)cn1. The van der Waals surface area contributed by atoms with Gasteiger partial charge in [-0.1, -0.05) is 25.1 Å². The fourth-order valence-corrected chi connectivity index (χ4v) is 5.02. The van der Waals surface area contributed by atoms with Crippen molar-refractivity contribution in [1.29, 1.82) is 0 Å². The molecule has 2 amide bonds. The minimum Gasteiger partial charge on any atom is -0.508 e. The second-order valence-corrected chi connectivity index (χ2v) is 9.53. The Morgan fingerprint density at radius 3 is 2.33 bits per heavy atom. The number of amides is 2. The third-order valence-electron chi connectivity index (χ3n) is 6.84. The van der Waals surface area contributed by atoms with Crippen LogP contribution in [0.3, 0.4) is 0 Å². The number of fused-ring (bicyclic) bond motifs is 1. The van der Waals surface area contributed by atoms with Gasteiger partial charge in [-0.2, -0.15) is 18.3 Å². The summed E-state index contributed by atoms with van der Waals surface area (Å²) in [5.74, 6) is -2.93. The van der Waals surface area contributed by atoms with Crippen molar-refractivity contribution in [2.45, 2.75) is 38.9 Å². The molecule has 1 atom stereocenters. The summed E-state index contributed by atoms with van der Waals surface area (Å²) in [6.07, 6.45) is -0.345. The normalized spacial score (nSPS) is 15.8. The number of aromatic nitrogens is 2. The molecule has 1 aromatic heterocycles. The van der Waals surface area contributed by atoms with Crippen molar-refractivity contribution in [3.05, 3.63) is 90.3 Å². The molecule has 40 heavy (non-hydrogen) atoms. The quantitative estimate of drug-likeness (QED) is 0.279. The van der Waals surface area contributed by atoms with Crippen LogP contribution in [0.4, 0.5) is 30.2 Å². The second-order valence-electron chi connectivity index (χ2n) is 9.53. The summed E-state index contributed by atoms with van der Waals surface area (Å²) in [6.45, 7) is 4.51.